The fraction of sp³-hybridized carbons (Fsp3) is 0.182. The maximum absolute atomic E-state index is 13.5. The third-order valence-electron chi connectivity index (χ3n) is 2.27. The molecule has 0 aliphatic carbocycles. The van der Waals surface area contributed by atoms with Crippen LogP contribution in [0.1, 0.15) is 6.42 Å². The summed E-state index contributed by atoms with van der Waals surface area (Å²) in [6.45, 7) is 0. The zero-order chi connectivity index (χ0) is 16.2. The Bertz CT molecular complexity index is 597. The lowest BCUT2D eigenvalue weighted by molar-refractivity contribution is -0.140. The van der Waals surface area contributed by atoms with Crippen molar-refractivity contribution in [3.05, 3.63) is 28.2 Å². The maximum Gasteiger partial charge on any atom is 0.326 e. The molecule has 10 heteroatoms. The Morgan fingerprint density at radius 1 is 1.29 bits per heavy atom. The molecule has 0 radical (unpaired) electrons. The number of primary amides is 1. The van der Waals surface area contributed by atoms with E-state index in [9.17, 15) is 23.2 Å². The van der Waals surface area contributed by atoms with Crippen molar-refractivity contribution in [2.75, 3.05) is 5.32 Å². The molecule has 21 heavy (non-hydrogen) atoms. The van der Waals surface area contributed by atoms with Crippen LogP contribution < -0.4 is 16.4 Å². The molecule has 5 N–H and O–H groups in total. The topological polar surface area (TPSA) is 122 Å². The molecule has 0 unspecified atom stereocenters. The van der Waals surface area contributed by atoms with Crippen molar-refractivity contribution in [1.29, 1.82) is 0 Å². The predicted octanol–water partition coefficient (Wildman–Crippen LogP) is 1.18. The van der Waals surface area contributed by atoms with Crippen LogP contribution in [0.5, 0.6) is 0 Å². The van der Waals surface area contributed by atoms with E-state index >= 15 is 0 Å². The zero-order valence-electron chi connectivity index (χ0n) is 10.3. The second kappa shape index (κ2) is 6.97. The summed E-state index contributed by atoms with van der Waals surface area (Å²) in [5.74, 6) is -4.19. The van der Waals surface area contributed by atoms with Crippen LogP contribution in [0.4, 0.5) is 19.3 Å². The average molecular weight is 366 g/mol. The summed E-state index contributed by atoms with van der Waals surface area (Å²) in [6, 6.07) is -1.19. The highest BCUT2D eigenvalue weighted by atomic mass is 79.9. The van der Waals surface area contributed by atoms with Crippen molar-refractivity contribution in [3.8, 4) is 0 Å². The van der Waals surface area contributed by atoms with Crippen molar-refractivity contribution in [1.82, 2.24) is 5.32 Å². The molecule has 0 saturated carbocycles. The third kappa shape index (κ3) is 4.99. The van der Waals surface area contributed by atoms with E-state index < -0.39 is 47.7 Å². The first-order chi connectivity index (χ1) is 9.70. The van der Waals surface area contributed by atoms with Gasteiger partial charge in [-0.15, -0.1) is 0 Å². The van der Waals surface area contributed by atoms with Crippen LogP contribution in [-0.2, 0) is 9.59 Å². The number of carboxylic acid groups (broad SMARTS) is 1. The number of halogens is 3. The molecule has 0 saturated heterocycles. The van der Waals surface area contributed by atoms with Crippen LogP contribution in [0.15, 0.2) is 16.6 Å². The van der Waals surface area contributed by atoms with Crippen molar-refractivity contribution in [2.24, 2.45) is 5.73 Å². The molecule has 0 aliphatic heterocycles. The first kappa shape index (κ1) is 16.8. The van der Waals surface area contributed by atoms with Gasteiger partial charge in [-0.25, -0.2) is 18.4 Å². The van der Waals surface area contributed by atoms with Gasteiger partial charge in [-0.05, 0) is 22.0 Å². The SMILES string of the molecule is NC(=O)C[C@@H](NC(=O)Nc1cc(F)c(Br)cc1F)C(=O)O. The quantitative estimate of drug-likeness (QED) is 0.585. The lowest BCUT2D eigenvalue weighted by atomic mass is 10.2. The summed E-state index contributed by atoms with van der Waals surface area (Å²) >= 11 is 2.76. The fourth-order valence-corrected chi connectivity index (χ4v) is 1.65. The molecule has 1 atom stereocenters. The second-order valence-electron chi connectivity index (χ2n) is 3.91. The molecule has 0 aromatic heterocycles. The van der Waals surface area contributed by atoms with Crippen LogP contribution in [0.2, 0.25) is 0 Å². The van der Waals surface area contributed by atoms with E-state index in [-0.39, 0.29) is 4.47 Å². The molecule has 1 rings (SSSR count). The van der Waals surface area contributed by atoms with Crippen LogP contribution in [0.25, 0.3) is 0 Å². The summed E-state index contributed by atoms with van der Waals surface area (Å²) in [7, 11) is 0. The Labute approximate surface area is 125 Å². The fourth-order valence-electron chi connectivity index (χ4n) is 1.34. The number of urea groups is 1. The van der Waals surface area contributed by atoms with Gasteiger partial charge in [0.1, 0.15) is 17.7 Å². The monoisotopic (exact) mass is 365 g/mol. The van der Waals surface area contributed by atoms with Crippen molar-refractivity contribution in [3.63, 3.8) is 0 Å². The largest absolute Gasteiger partial charge is 0.480 e. The molecule has 7 nitrogen and oxygen atoms in total. The van der Waals surface area contributed by atoms with E-state index in [1.807, 2.05) is 10.6 Å². The van der Waals surface area contributed by atoms with Crippen LogP contribution in [-0.4, -0.2) is 29.1 Å². The number of carbonyl (C=O) groups excluding carboxylic acids is 2. The minimum absolute atomic E-state index is 0.136. The van der Waals surface area contributed by atoms with Gasteiger partial charge in [0.25, 0.3) is 0 Å². The second-order valence-corrected chi connectivity index (χ2v) is 4.76. The third-order valence-corrected chi connectivity index (χ3v) is 2.87. The standard InChI is InChI=1S/C11H10BrF2N3O4/c12-4-1-6(14)7(2-5(4)13)16-11(21)17-8(10(19)20)3-9(15)18/h1-2,8H,3H2,(H2,15,18)(H,19,20)(H2,16,17,21)/t8-/m1/s1. The molecule has 0 heterocycles. The first-order valence-electron chi connectivity index (χ1n) is 5.44. The van der Waals surface area contributed by atoms with Gasteiger partial charge < -0.3 is 21.5 Å². The molecular weight excluding hydrogens is 356 g/mol. The number of nitrogens with one attached hydrogen (secondary N) is 2. The molecule has 114 valence electrons. The van der Waals surface area contributed by atoms with Gasteiger partial charge in [0.15, 0.2) is 0 Å². The molecule has 0 spiro atoms. The van der Waals surface area contributed by atoms with Gasteiger partial charge >= 0.3 is 12.0 Å². The van der Waals surface area contributed by atoms with Crippen molar-refractivity contribution in [2.45, 2.75) is 12.5 Å². The van der Waals surface area contributed by atoms with Gasteiger partial charge in [0.05, 0.1) is 16.6 Å². The molecule has 0 aliphatic rings. The summed E-state index contributed by atoms with van der Waals surface area (Å²) in [5.41, 5.74) is 4.34. The number of amides is 3. The van der Waals surface area contributed by atoms with Gasteiger partial charge in [-0.3, -0.25) is 4.79 Å². The van der Waals surface area contributed by atoms with E-state index in [4.69, 9.17) is 10.8 Å². The van der Waals surface area contributed by atoms with Gasteiger partial charge in [-0.2, -0.15) is 0 Å². The number of hydrogen-bond donors (Lipinski definition) is 4. The zero-order valence-corrected chi connectivity index (χ0v) is 11.9. The van der Waals surface area contributed by atoms with E-state index in [0.29, 0.717) is 6.07 Å². The molecule has 3 amide bonds. The minimum Gasteiger partial charge on any atom is -0.480 e. The van der Waals surface area contributed by atoms with Crippen molar-refractivity contribution >= 4 is 39.5 Å². The average Bonchev–Trinajstić information content (AvgIpc) is 2.34. The van der Waals surface area contributed by atoms with Gasteiger partial charge in [-0.1, -0.05) is 0 Å². The Kier molecular flexibility index (Phi) is 5.59. The Morgan fingerprint density at radius 3 is 2.43 bits per heavy atom. The summed E-state index contributed by atoms with van der Waals surface area (Å²) in [6.07, 6.45) is -0.639. The Morgan fingerprint density at radius 2 is 1.90 bits per heavy atom. The number of benzene rings is 1. The highest BCUT2D eigenvalue weighted by Crippen LogP contribution is 2.23. The highest BCUT2D eigenvalue weighted by Gasteiger charge is 2.22. The number of hydrogen-bond acceptors (Lipinski definition) is 3. The van der Waals surface area contributed by atoms with E-state index in [1.54, 1.807) is 0 Å². The molecule has 1 aromatic rings. The first-order valence-corrected chi connectivity index (χ1v) is 6.23. The van der Waals surface area contributed by atoms with E-state index in [2.05, 4.69) is 15.9 Å². The van der Waals surface area contributed by atoms with E-state index in [1.165, 1.54) is 0 Å². The lowest BCUT2D eigenvalue weighted by Crippen LogP contribution is -2.45. The smallest absolute Gasteiger partial charge is 0.326 e. The molecular formula is C11H10BrF2N3O4. The summed E-state index contributed by atoms with van der Waals surface area (Å²) in [5, 5.41) is 12.6. The summed E-state index contributed by atoms with van der Waals surface area (Å²) < 4.78 is 26.6. The minimum atomic E-state index is -1.58. The van der Waals surface area contributed by atoms with Crippen LogP contribution >= 0.6 is 15.9 Å². The maximum atomic E-state index is 13.5. The van der Waals surface area contributed by atoms with Crippen LogP contribution in [0, 0.1) is 11.6 Å². The Hall–Kier alpha value is -2.23. The lowest BCUT2D eigenvalue weighted by Gasteiger charge is -2.14. The number of carbonyl (C=O) groups is 3. The molecule has 0 bridgehead atoms. The van der Waals surface area contributed by atoms with Gasteiger partial charge in [0.2, 0.25) is 5.91 Å². The number of carboxylic acids is 1. The van der Waals surface area contributed by atoms with Crippen molar-refractivity contribution < 1.29 is 28.3 Å². The summed E-state index contributed by atoms with van der Waals surface area (Å²) in [4.78, 5) is 33.0. The predicted molar refractivity (Wildman–Crippen MR) is 71.4 cm³/mol. The van der Waals surface area contributed by atoms with Crippen LogP contribution in [0.3, 0.4) is 0 Å². The number of rotatable bonds is 5. The number of aliphatic carboxylic acids is 1. The van der Waals surface area contributed by atoms with Gasteiger partial charge in [0, 0.05) is 6.07 Å². The normalized spacial score (nSPS) is 11.6. The number of nitrogens with two attached hydrogens (primary N) is 1. The number of anilines is 1. The molecule has 1 aromatic carbocycles. The Balaban J connectivity index is 2.79. The molecule has 0 fully saturated rings. The van der Waals surface area contributed by atoms with E-state index in [0.717, 1.165) is 6.07 Å². The highest BCUT2D eigenvalue weighted by molar-refractivity contribution is 9.10.